The smallest absolute Gasteiger partial charge is 0.115 e. The SMILES string of the molecule is CON([NH-])C1CCCO1. The van der Waals surface area contributed by atoms with Gasteiger partial charge in [-0.3, -0.25) is 5.17 Å². The molecule has 9 heavy (non-hydrogen) atoms. The Hall–Kier alpha value is -0.160. The maximum atomic E-state index is 7.10. The number of hydrogen-bond acceptors (Lipinski definition) is 3. The van der Waals surface area contributed by atoms with E-state index >= 15 is 0 Å². The zero-order valence-electron chi connectivity index (χ0n) is 5.46. The van der Waals surface area contributed by atoms with Gasteiger partial charge in [-0.25, -0.2) is 0 Å². The van der Waals surface area contributed by atoms with E-state index in [4.69, 9.17) is 10.6 Å². The van der Waals surface area contributed by atoms with Gasteiger partial charge >= 0.3 is 0 Å². The Bertz CT molecular complexity index is 83.0. The van der Waals surface area contributed by atoms with Gasteiger partial charge in [0.25, 0.3) is 0 Å². The first-order valence-corrected chi connectivity index (χ1v) is 3.01. The van der Waals surface area contributed by atoms with Crippen molar-refractivity contribution < 1.29 is 9.57 Å². The summed E-state index contributed by atoms with van der Waals surface area (Å²) in [5, 5.41) is 0.993. The monoisotopic (exact) mass is 131 g/mol. The maximum absolute atomic E-state index is 7.10. The van der Waals surface area contributed by atoms with Crippen molar-refractivity contribution in [1.82, 2.24) is 5.17 Å². The van der Waals surface area contributed by atoms with E-state index in [1.807, 2.05) is 0 Å². The standard InChI is InChI=1S/C5H11N2O2/c1-8-7(6)5-3-2-4-9-5/h5-6H,2-4H2,1H3/q-1. The van der Waals surface area contributed by atoms with Crippen LogP contribution in [0.25, 0.3) is 5.84 Å². The van der Waals surface area contributed by atoms with E-state index in [0.29, 0.717) is 0 Å². The zero-order chi connectivity index (χ0) is 6.69. The van der Waals surface area contributed by atoms with Crippen LogP contribution in [0.1, 0.15) is 12.8 Å². The molecule has 0 saturated carbocycles. The molecule has 0 aliphatic carbocycles. The van der Waals surface area contributed by atoms with E-state index in [1.165, 1.54) is 7.11 Å². The Morgan fingerprint density at radius 3 is 3.00 bits per heavy atom. The van der Waals surface area contributed by atoms with Gasteiger partial charge in [-0.15, -0.1) is 0 Å². The van der Waals surface area contributed by atoms with E-state index in [1.54, 1.807) is 0 Å². The largest absolute Gasteiger partial charge is 0.582 e. The van der Waals surface area contributed by atoms with Crippen molar-refractivity contribution >= 4 is 0 Å². The summed E-state index contributed by atoms with van der Waals surface area (Å²) in [4.78, 5) is 4.61. The summed E-state index contributed by atoms with van der Waals surface area (Å²) < 4.78 is 5.12. The average Bonchev–Trinajstić information content (AvgIpc) is 2.37. The number of hydroxylamine groups is 1. The van der Waals surface area contributed by atoms with Crippen molar-refractivity contribution in [2.45, 2.75) is 19.1 Å². The van der Waals surface area contributed by atoms with Gasteiger partial charge in [-0.1, -0.05) is 0 Å². The highest BCUT2D eigenvalue weighted by molar-refractivity contribution is 4.61. The van der Waals surface area contributed by atoms with Crippen LogP contribution in [0.15, 0.2) is 0 Å². The van der Waals surface area contributed by atoms with Gasteiger partial charge in [-0.05, 0) is 12.8 Å². The lowest BCUT2D eigenvalue weighted by molar-refractivity contribution is -0.188. The van der Waals surface area contributed by atoms with Crippen molar-refractivity contribution in [3.63, 3.8) is 0 Å². The Morgan fingerprint density at radius 2 is 2.56 bits per heavy atom. The van der Waals surface area contributed by atoms with E-state index in [9.17, 15) is 0 Å². The first kappa shape index (κ1) is 6.95. The van der Waals surface area contributed by atoms with Crippen molar-refractivity contribution in [2.75, 3.05) is 13.7 Å². The Labute approximate surface area is 54.4 Å². The van der Waals surface area contributed by atoms with Crippen molar-refractivity contribution in [2.24, 2.45) is 0 Å². The zero-order valence-corrected chi connectivity index (χ0v) is 5.46. The van der Waals surface area contributed by atoms with Crippen molar-refractivity contribution in [3.05, 3.63) is 5.84 Å². The van der Waals surface area contributed by atoms with Gasteiger partial charge in [0.1, 0.15) is 6.23 Å². The molecule has 0 spiro atoms. The summed E-state index contributed by atoms with van der Waals surface area (Å²) in [6, 6.07) is 0. The highest BCUT2D eigenvalue weighted by atomic mass is 16.7. The highest BCUT2D eigenvalue weighted by Gasteiger charge is 2.15. The summed E-state index contributed by atoms with van der Waals surface area (Å²) in [7, 11) is 1.47. The third-order valence-electron chi connectivity index (χ3n) is 1.36. The van der Waals surface area contributed by atoms with Crippen LogP contribution in [0.2, 0.25) is 0 Å². The Kier molecular flexibility index (Phi) is 2.41. The van der Waals surface area contributed by atoms with Crippen LogP contribution in [0.5, 0.6) is 0 Å². The van der Waals surface area contributed by atoms with Crippen LogP contribution >= 0.6 is 0 Å². The number of hydrogen-bond donors (Lipinski definition) is 0. The molecule has 1 saturated heterocycles. The predicted octanol–water partition coefficient (Wildman–Crippen LogP) is 0.954. The van der Waals surface area contributed by atoms with Gasteiger partial charge in [-0.2, -0.15) is 0 Å². The van der Waals surface area contributed by atoms with Crippen LogP contribution in [0.4, 0.5) is 0 Å². The van der Waals surface area contributed by atoms with Crippen molar-refractivity contribution in [3.8, 4) is 0 Å². The summed E-state index contributed by atoms with van der Waals surface area (Å²) in [5.41, 5.74) is 0. The second kappa shape index (κ2) is 3.12. The summed E-state index contributed by atoms with van der Waals surface area (Å²) >= 11 is 0. The van der Waals surface area contributed by atoms with E-state index in [2.05, 4.69) is 4.84 Å². The number of ether oxygens (including phenoxy) is 1. The van der Waals surface area contributed by atoms with Crippen LogP contribution < -0.4 is 0 Å². The lowest BCUT2D eigenvalue weighted by atomic mass is 10.3. The normalized spacial score (nSPS) is 27.7. The van der Waals surface area contributed by atoms with Gasteiger partial charge in [0.05, 0.1) is 7.11 Å². The molecule has 1 fully saturated rings. The molecular weight excluding hydrogens is 120 g/mol. The minimum Gasteiger partial charge on any atom is -0.582 e. The molecule has 0 amide bonds. The molecule has 4 heteroatoms. The van der Waals surface area contributed by atoms with Gasteiger partial charge < -0.3 is 15.4 Å². The lowest BCUT2D eigenvalue weighted by Gasteiger charge is -2.28. The number of rotatable bonds is 2. The fourth-order valence-corrected chi connectivity index (χ4v) is 0.863. The average molecular weight is 131 g/mol. The second-order valence-electron chi connectivity index (χ2n) is 1.98. The third-order valence-corrected chi connectivity index (χ3v) is 1.36. The molecule has 0 aromatic rings. The predicted molar refractivity (Wildman–Crippen MR) is 32.1 cm³/mol. The lowest BCUT2D eigenvalue weighted by Crippen LogP contribution is -2.26. The number of nitrogens with zero attached hydrogens (tertiary/aromatic N) is 1. The first-order chi connectivity index (χ1) is 4.34. The molecule has 1 heterocycles. The fraction of sp³-hybridized carbons (Fsp3) is 1.00. The minimum absolute atomic E-state index is 0.144. The van der Waals surface area contributed by atoms with E-state index < -0.39 is 0 Å². The fourth-order valence-electron chi connectivity index (χ4n) is 0.863. The molecule has 0 radical (unpaired) electrons. The Morgan fingerprint density at radius 1 is 1.78 bits per heavy atom. The van der Waals surface area contributed by atoms with Gasteiger partial charge in [0, 0.05) is 6.61 Å². The van der Waals surface area contributed by atoms with Crippen molar-refractivity contribution in [1.29, 1.82) is 0 Å². The topological polar surface area (TPSA) is 45.5 Å². The molecule has 1 atom stereocenters. The highest BCUT2D eigenvalue weighted by Crippen LogP contribution is 2.15. The van der Waals surface area contributed by atoms with Gasteiger partial charge in [0.2, 0.25) is 0 Å². The minimum atomic E-state index is -0.144. The molecular formula is C5H11N2O2-. The number of nitrogens with one attached hydrogen (secondary N) is 1. The maximum Gasteiger partial charge on any atom is 0.115 e. The molecule has 1 aliphatic heterocycles. The second-order valence-corrected chi connectivity index (χ2v) is 1.98. The summed E-state index contributed by atoms with van der Waals surface area (Å²) in [5.74, 6) is 7.10. The molecule has 1 unspecified atom stereocenters. The molecule has 4 nitrogen and oxygen atoms in total. The third kappa shape index (κ3) is 1.62. The van der Waals surface area contributed by atoms with E-state index in [0.717, 1.165) is 24.6 Å². The molecule has 54 valence electrons. The molecule has 0 bridgehead atoms. The van der Waals surface area contributed by atoms with E-state index in [-0.39, 0.29) is 6.23 Å². The Balaban J connectivity index is 2.24. The first-order valence-electron chi connectivity index (χ1n) is 3.01. The molecule has 1 aliphatic rings. The van der Waals surface area contributed by atoms with Crippen LogP contribution in [0, 0.1) is 0 Å². The summed E-state index contributed by atoms with van der Waals surface area (Å²) in [6.45, 7) is 0.753. The van der Waals surface area contributed by atoms with Crippen LogP contribution in [0.3, 0.4) is 0 Å². The summed E-state index contributed by atoms with van der Waals surface area (Å²) in [6.07, 6.45) is 1.79. The van der Waals surface area contributed by atoms with Crippen LogP contribution in [-0.2, 0) is 9.57 Å². The van der Waals surface area contributed by atoms with Crippen LogP contribution in [-0.4, -0.2) is 25.1 Å². The molecule has 1 N–H and O–H groups in total. The molecule has 1 rings (SSSR count). The quantitative estimate of drug-likeness (QED) is 0.524. The molecule has 0 aromatic heterocycles. The molecule has 0 aromatic carbocycles. The van der Waals surface area contributed by atoms with Gasteiger partial charge in [0.15, 0.2) is 0 Å².